The SMILES string of the molecule is CC1=CCCC(C)=C1c1ccc2c(c1)c1cc(-c3c(C)cccc3C)ccc1n2-c1c(C#N)cc(C#N)cc1C#N. The highest BCUT2D eigenvalue weighted by atomic mass is 15.0. The zero-order valence-electron chi connectivity index (χ0n) is 23.6. The summed E-state index contributed by atoms with van der Waals surface area (Å²) in [5.41, 5.74) is 13.1. The summed E-state index contributed by atoms with van der Waals surface area (Å²) < 4.78 is 2.02. The van der Waals surface area contributed by atoms with Crippen LogP contribution in [0.5, 0.6) is 0 Å². The predicted molar refractivity (Wildman–Crippen MR) is 165 cm³/mol. The fraction of sp³-hybridized carbons (Fsp3) is 0.162. The van der Waals surface area contributed by atoms with Crippen molar-refractivity contribution in [1.82, 2.24) is 4.57 Å². The fourth-order valence-electron chi connectivity index (χ4n) is 6.50. The van der Waals surface area contributed by atoms with Crippen molar-refractivity contribution in [2.75, 3.05) is 0 Å². The molecule has 5 aromatic rings. The van der Waals surface area contributed by atoms with Gasteiger partial charge in [0.05, 0.1) is 39.5 Å². The van der Waals surface area contributed by atoms with Crippen LogP contribution in [-0.2, 0) is 0 Å². The molecule has 4 heteroatoms. The maximum absolute atomic E-state index is 10.1. The van der Waals surface area contributed by atoms with Crippen LogP contribution >= 0.6 is 0 Å². The summed E-state index contributed by atoms with van der Waals surface area (Å²) >= 11 is 0. The van der Waals surface area contributed by atoms with Crippen molar-refractivity contribution in [2.24, 2.45) is 0 Å². The van der Waals surface area contributed by atoms with E-state index in [-0.39, 0.29) is 0 Å². The van der Waals surface area contributed by atoms with Gasteiger partial charge < -0.3 is 4.57 Å². The van der Waals surface area contributed by atoms with Crippen LogP contribution in [0.3, 0.4) is 0 Å². The molecule has 0 atom stereocenters. The van der Waals surface area contributed by atoms with Gasteiger partial charge in [-0.3, -0.25) is 0 Å². The fourth-order valence-corrected chi connectivity index (χ4v) is 6.50. The van der Waals surface area contributed by atoms with Gasteiger partial charge in [0, 0.05) is 10.8 Å². The van der Waals surface area contributed by atoms with E-state index in [4.69, 9.17) is 0 Å². The number of nitriles is 3. The van der Waals surface area contributed by atoms with Crippen molar-refractivity contribution in [3.05, 3.63) is 117 Å². The second-order valence-electron chi connectivity index (χ2n) is 10.9. The minimum absolute atomic E-state index is 0.296. The molecule has 41 heavy (non-hydrogen) atoms. The van der Waals surface area contributed by atoms with Gasteiger partial charge in [-0.25, -0.2) is 0 Å². The van der Waals surface area contributed by atoms with Crippen LogP contribution in [0.1, 0.15) is 60.1 Å². The van der Waals surface area contributed by atoms with Crippen molar-refractivity contribution in [2.45, 2.75) is 40.5 Å². The largest absolute Gasteiger partial charge is 0.307 e. The van der Waals surface area contributed by atoms with Crippen LogP contribution in [-0.4, -0.2) is 4.57 Å². The van der Waals surface area contributed by atoms with Crippen LogP contribution in [0.15, 0.2) is 84.0 Å². The normalized spacial score (nSPS) is 13.1. The molecule has 0 saturated carbocycles. The summed E-state index contributed by atoms with van der Waals surface area (Å²) in [6.45, 7) is 8.67. The summed E-state index contributed by atoms with van der Waals surface area (Å²) in [6, 6.07) is 29.0. The van der Waals surface area contributed by atoms with Crippen molar-refractivity contribution < 1.29 is 0 Å². The van der Waals surface area contributed by atoms with Gasteiger partial charge in [0.1, 0.15) is 12.1 Å². The molecule has 4 aromatic carbocycles. The lowest BCUT2D eigenvalue weighted by Crippen LogP contribution is -2.02. The Morgan fingerprint density at radius 1 is 0.683 bits per heavy atom. The average Bonchev–Trinajstić information content (AvgIpc) is 3.29. The monoisotopic (exact) mass is 528 g/mol. The molecule has 0 unspecified atom stereocenters. The highest BCUT2D eigenvalue weighted by molar-refractivity contribution is 6.12. The smallest absolute Gasteiger partial charge is 0.101 e. The Bertz CT molecular complexity index is 2060. The number of aryl methyl sites for hydroxylation is 2. The highest BCUT2D eigenvalue weighted by Gasteiger charge is 2.22. The quantitative estimate of drug-likeness (QED) is 0.234. The lowest BCUT2D eigenvalue weighted by Gasteiger charge is -2.18. The van der Waals surface area contributed by atoms with Crippen molar-refractivity contribution >= 4 is 27.4 Å². The topological polar surface area (TPSA) is 76.3 Å². The molecular formula is C37H28N4. The first-order valence-electron chi connectivity index (χ1n) is 13.8. The third-order valence-electron chi connectivity index (χ3n) is 8.32. The Labute approximate surface area is 240 Å². The standard InChI is InChI=1S/C37H28N4/c1-22-7-5-8-23(2)35(22)27-11-13-33-31(17-27)32-18-28(36-24(3)9-6-10-25(36)4)12-14-34(32)41(33)37-29(20-39)15-26(19-38)16-30(37)21-40/h5,7-9,11-18H,6,10H2,1-4H3. The summed E-state index contributed by atoms with van der Waals surface area (Å²) in [6.07, 6.45) is 4.42. The van der Waals surface area contributed by atoms with Gasteiger partial charge in [0.2, 0.25) is 0 Å². The molecule has 0 bridgehead atoms. The zero-order valence-corrected chi connectivity index (χ0v) is 23.6. The average molecular weight is 529 g/mol. The Balaban J connectivity index is 1.75. The molecule has 0 aliphatic heterocycles. The van der Waals surface area contributed by atoms with Crippen molar-refractivity contribution in [3.63, 3.8) is 0 Å². The van der Waals surface area contributed by atoms with Gasteiger partial charge in [-0.1, -0.05) is 42.0 Å². The molecule has 1 heterocycles. The number of fused-ring (bicyclic) bond motifs is 3. The van der Waals surface area contributed by atoms with Gasteiger partial charge in [-0.2, -0.15) is 15.8 Å². The molecule has 0 spiro atoms. The van der Waals surface area contributed by atoms with Gasteiger partial charge >= 0.3 is 0 Å². The third-order valence-corrected chi connectivity index (χ3v) is 8.32. The predicted octanol–water partition coefficient (Wildman–Crippen LogP) is 9.20. The van der Waals surface area contributed by atoms with Gasteiger partial charge in [-0.15, -0.1) is 0 Å². The lowest BCUT2D eigenvalue weighted by molar-refractivity contribution is 0.953. The van der Waals surface area contributed by atoms with Gasteiger partial charge in [0.25, 0.3) is 0 Å². The lowest BCUT2D eigenvalue weighted by atomic mass is 9.87. The van der Waals surface area contributed by atoms with E-state index >= 15 is 0 Å². The molecule has 4 nitrogen and oxygen atoms in total. The van der Waals surface area contributed by atoms with E-state index in [0.29, 0.717) is 22.4 Å². The molecule has 1 aromatic heterocycles. The van der Waals surface area contributed by atoms with Gasteiger partial charge in [0.15, 0.2) is 0 Å². The molecule has 1 aliphatic rings. The Kier molecular flexibility index (Phi) is 6.30. The number of aromatic nitrogens is 1. The molecular weight excluding hydrogens is 500 g/mol. The number of rotatable bonds is 3. The molecule has 0 N–H and O–H groups in total. The molecule has 0 radical (unpaired) electrons. The van der Waals surface area contributed by atoms with Crippen molar-refractivity contribution in [1.29, 1.82) is 15.8 Å². The molecule has 0 fully saturated rings. The van der Waals surface area contributed by atoms with E-state index in [9.17, 15) is 15.8 Å². The molecule has 0 amide bonds. The zero-order chi connectivity index (χ0) is 28.8. The van der Waals surface area contributed by atoms with Crippen LogP contribution in [0.25, 0.3) is 44.2 Å². The van der Waals surface area contributed by atoms with E-state index in [0.717, 1.165) is 40.2 Å². The third kappa shape index (κ3) is 4.12. The van der Waals surface area contributed by atoms with Crippen LogP contribution in [0, 0.1) is 47.8 Å². The molecule has 6 rings (SSSR count). The number of hydrogen-bond donors (Lipinski definition) is 0. The number of benzene rings is 4. The second kappa shape index (κ2) is 9.98. The van der Waals surface area contributed by atoms with E-state index in [1.807, 2.05) is 4.57 Å². The number of allylic oxidation sites excluding steroid dienone is 4. The second-order valence-corrected chi connectivity index (χ2v) is 10.9. The number of nitrogens with zero attached hydrogens (tertiary/aromatic N) is 4. The number of hydrogen-bond acceptors (Lipinski definition) is 3. The minimum atomic E-state index is 0.296. The van der Waals surface area contributed by atoms with E-state index in [2.05, 4.69) is 107 Å². The molecule has 196 valence electrons. The first-order valence-corrected chi connectivity index (χ1v) is 13.8. The maximum Gasteiger partial charge on any atom is 0.101 e. The summed E-state index contributed by atoms with van der Waals surface area (Å²) in [4.78, 5) is 0. The summed E-state index contributed by atoms with van der Waals surface area (Å²) in [7, 11) is 0. The summed E-state index contributed by atoms with van der Waals surface area (Å²) in [5.74, 6) is 0. The maximum atomic E-state index is 10.1. The van der Waals surface area contributed by atoms with E-state index in [1.54, 1.807) is 12.1 Å². The first-order chi connectivity index (χ1) is 19.9. The Hall–Kier alpha value is -5.37. The molecule has 0 saturated heterocycles. The van der Waals surface area contributed by atoms with E-state index < -0.39 is 0 Å². The molecule has 1 aliphatic carbocycles. The summed E-state index contributed by atoms with van der Waals surface area (Å²) in [5, 5.41) is 31.9. The van der Waals surface area contributed by atoms with Gasteiger partial charge in [-0.05, 0) is 116 Å². The Morgan fingerprint density at radius 3 is 1.83 bits per heavy atom. The Morgan fingerprint density at radius 2 is 1.27 bits per heavy atom. The van der Waals surface area contributed by atoms with Crippen LogP contribution in [0.4, 0.5) is 0 Å². The van der Waals surface area contributed by atoms with Crippen LogP contribution < -0.4 is 0 Å². The van der Waals surface area contributed by atoms with Crippen LogP contribution in [0.2, 0.25) is 0 Å². The van der Waals surface area contributed by atoms with E-state index in [1.165, 1.54) is 39.0 Å². The highest BCUT2D eigenvalue weighted by Crippen LogP contribution is 2.41. The van der Waals surface area contributed by atoms with Crippen molar-refractivity contribution in [3.8, 4) is 35.0 Å². The first kappa shape index (κ1) is 25.9. The minimum Gasteiger partial charge on any atom is -0.307 e.